The average molecular weight is 195 g/mol. The summed E-state index contributed by atoms with van der Waals surface area (Å²) in [6.07, 6.45) is 0.721. The van der Waals surface area contributed by atoms with Gasteiger partial charge in [-0.3, -0.25) is 4.79 Å². The predicted octanol–water partition coefficient (Wildman–Crippen LogP) is 2.14. The molecular weight excluding hydrogens is 181 g/mol. The molecule has 1 aliphatic rings. The molecule has 0 aliphatic carbocycles. The van der Waals surface area contributed by atoms with E-state index >= 15 is 0 Å². The van der Waals surface area contributed by atoms with Gasteiger partial charge in [-0.2, -0.15) is 0 Å². The van der Waals surface area contributed by atoms with Gasteiger partial charge in [-0.15, -0.1) is 0 Å². The van der Waals surface area contributed by atoms with Crippen LogP contribution in [0, 0.1) is 5.82 Å². The summed E-state index contributed by atoms with van der Waals surface area (Å²) in [5.74, 6) is -0.375. The Morgan fingerprint density at radius 2 is 2.07 bits per heavy atom. The summed E-state index contributed by atoms with van der Waals surface area (Å²) in [5.41, 5.74) is 1.40. The number of carbonyl (C=O) groups excluding carboxylic acids is 1. The minimum Gasteiger partial charge on any atom is -0.352 e. The highest BCUT2D eigenvalue weighted by Crippen LogP contribution is 2.14. The first-order valence-electron chi connectivity index (χ1n) is 4.84. The first-order valence-corrected chi connectivity index (χ1v) is 4.84. The molecule has 0 saturated carbocycles. The van der Waals surface area contributed by atoms with Gasteiger partial charge in [0.25, 0.3) is 5.91 Å². The third-order valence-corrected chi connectivity index (χ3v) is 1.99. The number of fused-ring (bicyclic) bond motifs is 1. The van der Waals surface area contributed by atoms with Gasteiger partial charge >= 0.3 is 0 Å². The van der Waals surface area contributed by atoms with Crippen LogP contribution in [-0.2, 0) is 6.42 Å². The predicted molar refractivity (Wildman–Crippen MR) is 53.8 cm³/mol. The summed E-state index contributed by atoms with van der Waals surface area (Å²) >= 11 is 0. The average Bonchev–Trinajstić information content (AvgIpc) is 2.21. The third-order valence-electron chi connectivity index (χ3n) is 1.99. The van der Waals surface area contributed by atoms with Crippen molar-refractivity contribution >= 4 is 5.91 Å². The highest BCUT2D eigenvalue weighted by molar-refractivity contribution is 5.96. The second-order valence-corrected chi connectivity index (χ2v) is 2.81. The maximum atomic E-state index is 12.7. The van der Waals surface area contributed by atoms with Crippen molar-refractivity contribution in [3.8, 4) is 0 Å². The lowest BCUT2D eigenvalue weighted by atomic mass is 10.0. The van der Waals surface area contributed by atoms with Crippen LogP contribution < -0.4 is 5.32 Å². The Morgan fingerprint density at radius 1 is 1.36 bits per heavy atom. The van der Waals surface area contributed by atoms with Gasteiger partial charge in [0.2, 0.25) is 0 Å². The molecule has 1 amide bonds. The fraction of sp³-hybridized carbons (Fsp3) is 0.364. The summed E-state index contributed by atoms with van der Waals surface area (Å²) in [6, 6.07) is 4.26. The topological polar surface area (TPSA) is 29.1 Å². The van der Waals surface area contributed by atoms with Crippen LogP contribution in [-0.4, -0.2) is 12.5 Å². The number of carbonyl (C=O) groups is 1. The van der Waals surface area contributed by atoms with Crippen LogP contribution >= 0.6 is 0 Å². The molecule has 76 valence electrons. The summed E-state index contributed by atoms with van der Waals surface area (Å²) in [4.78, 5) is 11.2. The minimum atomic E-state index is -0.275. The van der Waals surface area contributed by atoms with E-state index in [2.05, 4.69) is 5.32 Å². The van der Waals surface area contributed by atoms with Gasteiger partial charge in [-0.25, -0.2) is 4.39 Å². The lowest BCUT2D eigenvalue weighted by Crippen LogP contribution is -2.31. The number of rotatable bonds is 0. The van der Waals surface area contributed by atoms with E-state index in [-0.39, 0.29) is 11.7 Å². The fourth-order valence-electron chi connectivity index (χ4n) is 1.40. The molecule has 0 radical (unpaired) electrons. The Hall–Kier alpha value is -1.38. The highest BCUT2D eigenvalue weighted by Gasteiger charge is 2.15. The Labute approximate surface area is 83.1 Å². The lowest BCUT2D eigenvalue weighted by Gasteiger charge is -2.15. The van der Waals surface area contributed by atoms with Gasteiger partial charge in [0.15, 0.2) is 0 Å². The van der Waals surface area contributed by atoms with Gasteiger partial charge in [-0.1, -0.05) is 13.8 Å². The van der Waals surface area contributed by atoms with E-state index in [4.69, 9.17) is 0 Å². The molecule has 1 heterocycles. The van der Waals surface area contributed by atoms with Crippen molar-refractivity contribution in [1.29, 1.82) is 0 Å². The van der Waals surface area contributed by atoms with E-state index in [1.165, 1.54) is 18.2 Å². The Morgan fingerprint density at radius 3 is 2.79 bits per heavy atom. The van der Waals surface area contributed by atoms with Crippen LogP contribution in [0.5, 0.6) is 0 Å². The molecule has 2 rings (SSSR count). The van der Waals surface area contributed by atoms with E-state index in [1.807, 2.05) is 13.8 Å². The molecule has 0 fully saturated rings. The van der Waals surface area contributed by atoms with Gasteiger partial charge in [0.1, 0.15) is 5.82 Å². The van der Waals surface area contributed by atoms with Gasteiger partial charge in [-0.05, 0) is 30.2 Å². The SMILES string of the molecule is CC.O=C1NCCc2cc(F)ccc21. The molecule has 14 heavy (non-hydrogen) atoms. The molecule has 0 aromatic heterocycles. The maximum absolute atomic E-state index is 12.7. The molecule has 0 spiro atoms. The standard InChI is InChI=1S/C9H8FNO.C2H6/c10-7-1-2-8-6(5-7)3-4-11-9(8)12;1-2/h1-2,5H,3-4H2,(H,11,12);1-2H3. The number of nitrogens with one attached hydrogen (secondary N) is 1. The number of hydrogen-bond donors (Lipinski definition) is 1. The zero-order chi connectivity index (χ0) is 10.6. The van der Waals surface area contributed by atoms with Crippen molar-refractivity contribution in [1.82, 2.24) is 5.32 Å². The van der Waals surface area contributed by atoms with Crippen molar-refractivity contribution in [3.63, 3.8) is 0 Å². The Bertz CT molecular complexity index is 336. The molecule has 1 N–H and O–H groups in total. The van der Waals surface area contributed by atoms with Crippen molar-refractivity contribution in [2.24, 2.45) is 0 Å². The quantitative estimate of drug-likeness (QED) is 0.675. The summed E-state index contributed by atoms with van der Waals surface area (Å²) in [7, 11) is 0. The van der Waals surface area contributed by atoms with E-state index in [9.17, 15) is 9.18 Å². The van der Waals surface area contributed by atoms with Crippen LogP contribution in [0.4, 0.5) is 4.39 Å². The number of benzene rings is 1. The van der Waals surface area contributed by atoms with E-state index in [0.717, 1.165) is 12.0 Å². The Balaban J connectivity index is 0.000000461. The van der Waals surface area contributed by atoms with Crippen LogP contribution in [0.3, 0.4) is 0 Å². The summed E-state index contributed by atoms with van der Waals surface area (Å²) < 4.78 is 12.7. The zero-order valence-corrected chi connectivity index (χ0v) is 8.43. The number of hydrogen-bond acceptors (Lipinski definition) is 1. The normalized spacial score (nSPS) is 13.5. The van der Waals surface area contributed by atoms with Gasteiger partial charge < -0.3 is 5.32 Å². The largest absolute Gasteiger partial charge is 0.352 e. The summed E-state index contributed by atoms with van der Waals surface area (Å²) in [6.45, 7) is 4.61. The van der Waals surface area contributed by atoms with Crippen molar-refractivity contribution < 1.29 is 9.18 Å². The van der Waals surface area contributed by atoms with Crippen LogP contribution in [0.15, 0.2) is 18.2 Å². The lowest BCUT2D eigenvalue weighted by molar-refractivity contribution is 0.0946. The molecule has 2 nitrogen and oxygen atoms in total. The molecule has 1 aromatic rings. The highest BCUT2D eigenvalue weighted by atomic mass is 19.1. The first-order chi connectivity index (χ1) is 6.77. The molecule has 1 aliphatic heterocycles. The molecule has 0 saturated heterocycles. The molecule has 0 bridgehead atoms. The van der Waals surface area contributed by atoms with Gasteiger partial charge in [0.05, 0.1) is 0 Å². The number of halogens is 1. The van der Waals surface area contributed by atoms with E-state index < -0.39 is 0 Å². The monoisotopic (exact) mass is 195 g/mol. The van der Waals surface area contributed by atoms with Crippen LogP contribution in [0.2, 0.25) is 0 Å². The molecular formula is C11H14FNO. The fourth-order valence-corrected chi connectivity index (χ4v) is 1.40. The minimum absolute atomic E-state index is 0.101. The number of amides is 1. The zero-order valence-electron chi connectivity index (χ0n) is 8.43. The Kier molecular flexibility index (Phi) is 3.63. The van der Waals surface area contributed by atoms with E-state index in [1.54, 1.807) is 0 Å². The smallest absolute Gasteiger partial charge is 0.251 e. The van der Waals surface area contributed by atoms with Gasteiger partial charge in [0, 0.05) is 12.1 Å². The second-order valence-electron chi connectivity index (χ2n) is 2.81. The summed E-state index contributed by atoms with van der Waals surface area (Å²) in [5, 5.41) is 2.70. The molecule has 0 unspecified atom stereocenters. The molecule has 0 atom stereocenters. The first kappa shape index (κ1) is 10.7. The van der Waals surface area contributed by atoms with Crippen LogP contribution in [0.1, 0.15) is 29.8 Å². The third kappa shape index (κ3) is 2.10. The van der Waals surface area contributed by atoms with Crippen molar-refractivity contribution in [2.45, 2.75) is 20.3 Å². The molecule has 1 aromatic carbocycles. The van der Waals surface area contributed by atoms with E-state index in [0.29, 0.717) is 12.1 Å². The second kappa shape index (κ2) is 4.74. The van der Waals surface area contributed by atoms with Crippen LogP contribution in [0.25, 0.3) is 0 Å². The maximum Gasteiger partial charge on any atom is 0.251 e. The van der Waals surface area contributed by atoms with Crippen molar-refractivity contribution in [2.75, 3.05) is 6.54 Å². The molecule has 3 heteroatoms. The van der Waals surface area contributed by atoms with Crippen molar-refractivity contribution in [3.05, 3.63) is 35.1 Å².